The van der Waals surface area contributed by atoms with Crippen molar-refractivity contribution in [2.24, 2.45) is 0 Å². The maximum absolute atomic E-state index is 7.25. The Hall–Kier alpha value is -0.232. The van der Waals surface area contributed by atoms with Gasteiger partial charge in [-0.25, -0.2) is 11.6 Å². The summed E-state index contributed by atoms with van der Waals surface area (Å²) >= 11 is 0. The molecular weight excluding hydrogens is 298 g/mol. The maximum Gasteiger partial charge on any atom is 2.00 e. The van der Waals surface area contributed by atoms with Gasteiger partial charge in [0.15, 0.2) is 0 Å². The molecule has 0 aliphatic heterocycles. The van der Waals surface area contributed by atoms with E-state index in [-0.39, 0.29) is 21.1 Å². The van der Waals surface area contributed by atoms with Crippen molar-refractivity contribution >= 4 is 0 Å². The molecule has 0 aromatic heterocycles. The van der Waals surface area contributed by atoms with E-state index in [1.807, 2.05) is 0 Å². The van der Waals surface area contributed by atoms with Crippen molar-refractivity contribution in [1.82, 2.24) is 0 Å². The number of hydrogen-bond acceptors (Lipinski definition) is 1. The van der Waals surface area contributed by atoms with Crippen molar-refractivity contribution in [1.29, 1.82) is 0 Å². The van der Waals surface area contributed by atoms with Gasteiger partial charge >= 0.3 is 21.1 Å². The second kappa shape index (κ2) is 8.77. The van der Waals surface area contributed by atoms with E-state index >= 15 is 0 Å². The Morgan fingerprint density at radius 2 is 2.30 bits per heavy atom. The van der Waals surface area contributed by atoms with Gasteiger partial charge in [-0.2, -0.15) is 6.08 Å². The van der Waals surface area contributed by atoms with Gasteiger partial charge in [0, 0.05) is 0 Å². The molecule has 0 saturated carbocycles. The topological polar surface area (TPSA) is 39.4 Å². The van der Waals surface area contributed by atoms with Crippen molar-refractivity contribution in [3.05, 3.63) is 34.3 Å². The number of hydrogen-bond donors (Lipinski definition) is 0. The van der Waals surface area contributed by atoms with E-state index in [9.17, 15) is 0 Å². The minimum Gasteiger partial charge on any atom is -0.577 e. The summed E-state index contributed by atoms with van der Waals surface area (Å²) in [5.74, 6) is 0. The van der Waals surface area contributed by atoms with Crippen LogP contribution in [0.4, 0.5) is 0 Å². The van der Waals surface area contributed by atoms with Gasteiger partial charge in [-0.1, -0.05) is 13.3 Å². The Kier molecular flexibility index (Phi) is 10.9. The first-order chi connectivity index (χ1) is 4.43. The monoisotopic (exact) mass is 307 g/mol. The van der Waals surface area contributed by atoms with Crippen LogP contribution in [-0.2, 0) is 21.1 Å². The van der Waals surface area contributed by atoms with E-state index in [4.69, 9.17) is 10.5 Å². The fourth-order valence-electron chi connectivity index (χ4n) is 0.693. The van der Waals surface area contributed by atoms with E-state index < -0.39 is 0 Å². The van der Waals surface area contributed by atoms with Gasteiger partial charge in [0.2, 0.25) is 0 Å². The Morgan fingerprint density at radius 3 is 2.50 bits per heavy atom. The summed E-state index contributed by atoms with van der Waals surface area (Å²) in [6, 6.07) is 0. The van der Waals surface area contributed by atoms with E-state index in [1.54, 1.807) is 0 Å². The summed E-state index contributed by atoms with van der Waals surface area (Å²) in [6.07, 6.45) is 9.65. The molecule has 0 aromatic rings. The predicted octanol–water partition coefficient (Wildman–Crippen LogP) is 2.41. The van der Waals surface area contributed by atoms with Gasteiger partial charge in [-0.15, -0.1) is 6.42 Å². The predicted molar refractivity (Wildman–Crippen MR) is 37.5 cm³/mol. The Balaban J connectivity index is 0. The first-order valence-electron chi connectivity index (χ1n) is 2.88. The van der Waals surface area contributed by atoms with Gasteiger partial charge in [0.1, 0.15) is 0 Å². The molecule has 0 heterocycles. The molecule has 1 rings (SSSR count). The first kappa shape index (κ1) is 12.4. The Bertz CT molecular complexity index is 132. The molecule has 0 fully saturated rings. The largest absolute Gasteiger partial charge is 2.00 e. The fourth-order valence-corrected chi connectivity index (χ4v) is 0.693. The number of allylic oxidation sites excluding steroid dienone is 4. The smallest absolute Gasteiger partial charge is 0.577 e. The molecule has 0 atom stereocenters. The summed E-state index contributed by atoms with van der Waals surface area (Å²) in [6.45, 7) is 2.15. The number of nitrogens with zero attached hydrogens (tertiary/aromatic N) is 1. The van der Waals surface area contributed by atoms with Crippen LogP contribution in [-0.4, -0.2) is 0 Å². The van der Waals surface area contributed by atoms with Gasteiger partial charge in [-0.3, -0.25) is 6.08 Å². The molecule has 10 heavy (non-hydrogen) atoms. The quantitative estimate of drug-likeness (QED) is 0.686. The zero-order chi connectivity index (χ0) is 7.11. The summed E-state index contributed by atoms with van der Waals surface area (Å²) in [5.41, 5.74) is 7.11. The van der Waals surface area contributed by atoms with E-state index in [2.05, 4.69) is 25.2 Å². The summed E-state index contributed by atoms with van der Waals surface area (Å²) in [4.78, 5) is 7.25. The van der Waals surface area contributed by atoms with Gasteiger partial charge in [0.05, 0.1) is 0 Å². The van der Waals surface area contributed by atoms with Crippen LogP contribution in [0.15, 0.2) is 17.7 Å². The minimum atomic E-state index is 0. The molecule has 0 aromatic carbocycles. The van der Waals surface area contributed by atoms with Crippen LogP contribution < -0.4 is 0 Å². The standard InChI is InChI=1S/C7H9.NO.W/c1-2-7-5-3-4-6-7;1-2;/h3,5H,2,4H2,1H3;;/q2*-1;+2. The van der Waals surface area contributed by atoms with Crippen LogP contribution in [0.1, 0.15) is 19.8 Å². The minimum absolute atomic E-state index is 0. The van der Waals surface area contributed by atoms with Crippen LogP contribution >= 0.6 is 0 Å². The second-order valence-corrected chi connectivity index (χ2v) is 1.66. The van der Waals surface area contributed by atoms with Crippen molar-refractivity contribution in [2.45, 2.75) is 19.8 Å². The first-order valence-corrected chi connectivity index (χ1v) is 2.88. The van der Waals surface area contributed by atoms with Crippen LogP contribution in [0.3, 0.4) is 0 Å². The van der Waals surface area contributed by atoms with Crippen LogP contribution in [0, 0.1) is 11.0 Å². The average molecular weight is 307 g/mol. The number of rotatable bonds is 1. The second-order valence-electron chi connectivity index (χ2n) is 1.66. The molecular formula is C7H9NOW. The zero-order valence-corrected chi connectivity index (χ0v) is 8.77. The van der Waals surface area contributed by atoms with Gasteiger partial charge in [-0.05, 0) is 0 Å². The Labute approximate surface area is 75.4 Å². The SMILES string of the molecule is CCC1=[C-]CC=C1.[N-]=O.[W+2]. The van der Waals surface area contributed by atoms with Crippen molar-refractivity contribution in [3.63, 3.8) is 0 Å². The van der Waals surface area contributed by atoms with Gasteiger partial charge in [0.25, 0.3) is 0 Å². The van der Waals surface area contributed by atoms with Crippen molar-refractivity contribution in [2.75, 3.05) is 0 Å². The van der Waals surface area contributed by atoms with E-state index in [1.165, 1.54) is 5.57 Å². The van der Waals surface area contributed by atoms with Crippen molar-refractivity contribution < 1.29 is 21.1 Å². The van der Waals surface area contributed by atoms with E-state index in [0.29, 0.717) is 0 Å². The molecule has 1 aliphatic rings. The molecule has 0 N–H and O–H groups in total. The third kappa shape index (κ3) is 4.63. The molecule has 0 bridgehead atoms. The fraction of sp³-hybridized carbons (Fsp3) is 0.429. The molecule has 0 amide bonds. The third-order valence-electron chi connectivity index (χ3n) is 1.15. The summed E-state index contributed by atoms with van der Waals surface area (Å²) < 4.78 is 0. The van der Waals surface area contributed by atoms with Gasteiger partial charge < -0.3 is 10.5 Å². The van der Waals surface area contributed by atoms with Crippen LogP contribution in [0.2, 0.25) is 0 Å². The number of nitroso groups, excluding NO2 is 1. The van der Waals surface area contributed by atoms with E-state index in [0.717, 1.165) is 12.8 Å². The molecule has 1 aliphatic carbocycles. The molecule has 0 unspecified atom stereocenters. The van der Waals surface area contributed by atoms with Crippen LogP contribution in [0.25, 0.3) is 5.59 Å². The van der Waals surface area contributed by atoms with Crippen LogP contribution in [0.5, 0.6) is 0 Å². The molecule has 2 nitrogen and oxygen atoms in total. The zero-order valence-electron chi connectivity index (χ0n) is 5.83. The molecule has 0 saturated heterocycles. The summed E-state index contributed by atoms with van der Waals surface area (Å²) in [7, 11) is 0. The molecule has 3 heteroatoms. The molecule has 54 valence electrons. The average Bonchev–Trinajstić information content (AvgIpc) is 2.43. The normalized spacial score (nSPS) is 12.7. The molecule has 0 radical (unpaired) electrons. The van der Waals surface area contributed by atoms with Crippen molar-refractivity contribution in [3.8, 4) is 0 Å². The molecule has 0 spiro atoms. The third-order valence-corrected chi connectivity index (χ3v) is 1.15. The maximum atomic E-state index is 7.25. The Morgan fingerprint density at radius 1 is 1.70 bits per heavy atom. The summed E-state index contributed by atoms with van der Waals surface area (Å²) in [5, 5.41) is 0.